The molecule has 3 rings (SSSR count). The number of halogens is 1. The van der Waals surface area contributed by atoms with Crippen LogP contribution in [0.1, 0.15) is 35.2 Å². The second-order valence-corrected chi connectivity index (χ2v) is 7.01. The van der Waals surface area contributed by atoms with E-state index in [2.05, 4.69) is 15.9 Å². The summed E-state index contributed by atoms with van der Waals surface area (Å²) in [6, 6.07) is 10.7. The number of nitrogens with zero attached hydrogens (tertiary/aromatic N) is 1. The van der Waals surface area contributed by atoms with E-state index in [1.807, 2.05) is 19.1 Å². The van der Waals surface area contributed by atoms with Crippen LogP contribution in [0.15, 0.2) is 62.2 Å². The van der Waals surface area contributed by atoms with Gasteiger partial charge in [0.15, 0.2) is 11.5 Å². The Bertz CT molecular complexity index is 854. The number of hydrogen-bond acceptors (Lipinski definition) is 5. The van der Waals surface area contributed by atoms with Crippen molar-refractivity contribution in [2.45, 2.75) is 26.4 Å². The molecule has 0 N–H and O–H groups in total. The summed E-state index contributed by atoms with van der Waals surface area (Å²) in [6.07, 6.45) is 4.05. The largest absolute Gasteiger partial charge is 0.493 e. The lowest BCUT2D eigenvalue weighted by atomic mass is 10.1. The standard InChI is InChI=1S/C21H22BrNO5/c1-3-8-28-20-18(22)11-15(12-19(20)25-2)21(24)23(13-16-6-4-9-26-16)14-17-7-5-10-27-17/h4-7,9-12H,3,8,13-14H2,1-2H3. The van der Waals surface area contributed by atoms with Gasteiger partial charge in [-0.3, -0.25) is 4.79 Å². The number of methoxy groups -OCH3 is 1. The fourth-order valence-electron chi connectivity index (χ4n) is 2.75. The topological polar surface area (TPSA) is 65.0 Å². The van der Waals surface area contributed by atoms with Crippen molar-refractivity contribution < 1.29 is 23.1 Å². The highest BCUT2D eigenvalue weighted by Gasteiger charge is 2.22. The molecule has 148 valence electrons. The average Bonchev–Trinajstić information content (AvgIpc) is 3.39. The summed E-state index contributed by atoms with van der Waals surface area (Å²) in [6.45, 7) is 3.23. The van der Waals surface area contributed by atoms with Gasteiger partial charge in [0.2, 0.25) is 0 Å². The van der Waals surface area contributed by atoms with E-state index in [0.29, 0.717) is 52.8 Å². The summed E-state index contributed by atoms with van der Waals surface area (Å²) in [7, 11) is 1.55. The Morgan fingerprint density at radius 2 is 1.75 bits per heavy atom. The van der Waals surface area contributed by atoms with E-state index in [0.717, 1.165) is 6.42 Å². The number of benzene rings is 1. The number of carbonyl (C=O) groups excluding carboxylic acids is 1. The van der Waals surface area contributed by atoms with Crippen LogP contribution >= 0.6 is 15.9 Å². The van der Waals surface area contributed by atoms with Gasteiger partial charge in [-0.2, -0.15) is 0 Å². The maximum atomic E-state index is 13.3. The van der Waals surface area contributed by atoms with Crippen LogP contribution < -0.4 is 9.47 Å². The van der Waals surface area contributed by atoms with Gasteiger partial charge in [-0.25, -0.2) is 0 Å². The third kappa shape index (κ3) is 4.78. The Hall–Kier alpha value is -2.67. The maximum absolute atomic E-state index is 13.3. The molecule has 1 amide bonds. The molecule has 0 saturated heterocycles. The molecule has 0 radical (unpaired) electrons. The van der Waals surface area contributed by atoms with E-state index in [9.17, 15) is 4.79 Å². The lowest BCUT2D eigenvalue weighted by Crippen LogP contribution is -2.30. The van der Waals surface area contributed by atoms with Crippen molar-refractivity contribution in [1.29, 1.82) is 0 Å². The van der Waals surface area contributed by atoms with Crippen LogP contribution in [-0.4, -0.2) is 24.5 Å². The summed E-state index contributed by atoms with van der Waals surface area (Å²) >= 11 is 3.49. The van der Waals surface area contributed by atoms with Crippen LogP contribution in [0, 0.1) is 0 Å². The minimum atomic E-state index is -0.172. The Kier molecular flexibility index (Phi) is 6.81. The van der Waals surface area contributed by atoms with Gasteiger partial charge in [-0.05, 0) is 58.7 Å². The van der Waals surface area contributed by atoms with Crippen molar-refractivity contribution in [1.82, 2.24) is 4.90 Å². The number of rotatable bonds is 9. The molecule has 2 heterocycles. The van der Waals surface area contributed by atoms with E-state index in [1.165, 1.54) is 0 Å². The number of amides is 1. The maximum Gasteiger partial charge on any atom is 0.254 e. The van der Waals surface area contributed by atoms with Gasteiger partial charge >= 0.3 is 0 Å². The summed E-state index contributed by atoms with van der Waals surface area (Å²) in [4.78, 5) is 14.9. The molecule has 0 aliphatic rings. The van der Waals surface area contributed by atoms with Crippen LogP contribution in [0.4, 0.5) is 0 Å². The van der Waals surface area contributed by atoms with E-state index in [1.54, 1.807) is 48.8 Å². The highest BCUT2D eigenvalue weighted by atomic mass is 79.9. The molecule has 0 atom stereocenters. The van der Waals surface area contributed by atoms with Crippen molar-refractivity contribution in [2.75, 3.05) is 13.7 Å². The normalized spacial score (nSPS) is 10.7. The Balaban J connectivity index is 1.89. The molecule has 0 saturated carbocycles. The van der Waals surface area contributed by atoms with Crippen molar-refractivity contribution >= 4 is 21.8 Å². The van der Waals surface area contributed by atoms with E-state index in [-0.39, 0.29) is 5.91 Å². The fraction of sp³-hybridized carbons (Fsp3) is 0.286. The zero-order chi connectivity index (χ0) is 19.9. The lowest BCUT2D eigenvalue weighted by molar-refractivity contribution is 0.0704. The first-order chi connectivity index (χ1) is 13.6. The van der Waals surface area contributed by atoms with Gasteiger partial charge in [-0.15, -0.1) is 0 Å². The van der Waals surface area contributed by atoms with E-state index in [4.69, 9.17) is 18.3 Å². The molecule has 0 aliphatic carbocycles. The molecule has 0 unspecified atom stereocenters. The highest BCUT2D eigenvalue weighted by molar-refractivity contribution is 9.10. The number of ether oxygens (including phenoxy) is 2. The summed E-state index contributed by atoms with van der Waals surface area (Å²) in [5.41, 5.74) is 0.477. The number of carbonyl (C=O) groups is 1. The minimum absolute atomic E-state index is 0.172. The first-order valence-corrected chi connectivity index (χ1v) is 9.76. The van der Waals surface area contributed by atoms with Gasteiger partial charge in [0.1, 0.15) is 11.5 Å². The first kappa shape index (κ1) is 20.1. The second-order valence-electron chi connectivity index (χ2n) is 6.16. The molecule has 0 fully saturated rings. The quantitative estimate of drug-likeness (QED) is 0.446. The van der Waals surface area contributed by atoms with Crippen LogP contribution in [0.25, 0.3) is 0 Å². The van der Waals surface area contributed by atoms with Crippen molar-refractivity contribution in [3.8, 4) is 11.5 Å². The van der Waals surface area contributed by atoms with Gasteiger partial charge in [0.25, 0.3) is 5.91 Å². The fourth-order valence-corrected chi connectivity index (χ4v) is 3.31. The number of hydrogen-bond donors (Lipinski definition) is 0. The first-order valence-electron chi connectivity index (χ1n) is 8.96. The SMILES string of the molecule is CCCOc1c(Br)cc(C(=O)N(Cc2ccco2)Cc2ccco2)cc1OC. The van der Waals surface area contributed by atoms with E-state index < -0.39 is 0 Å². The van der Waals surface area contributed by atoms with Crippen molar-refractivity contribution in [3.63, 3.8) is 0 Å². The molecule has 3 aromatic rings. The molecule has 2 aromatic heterocycles. The monoisotopic (exact) mass is 447 g/mol. The minimum Gasteiger partial charge on any atom is -0.493 e. The summed E-state index contributed by atoms with van der Waals surface area (Å²) < 4.78 is 22.7. The van der Waals surface area contributed by atoms with Gasteiger partial charge in [0, 0.05) is 5.56 Å². The second kappa shape index (κ2) is 9.50. The molecule has 28 heavy (non-hydrogen) atoms. The van der Waals surface area contributed by atoms with Crippen molar-refractivity contribution in [2.24, 2.45) is 0 Å². The average molecular weight is 448 g/mol. The van der Waals surface area contributed by atoms with Crippen molar-refractivity contribution in [3.05, 3.63) is 70.5 Å². The Morgan fingerprint density at radius 3 is 2.25 bits per heavy atom. The van der Waals surface area contributed by atoms with E-state index >= 15 is 0 Å². The molecular weight excluding hydrogens is 426 g/mol. The summed E-state index contributed by atoms with van der Waals surface area (Å²) in [5.74, 6) is 2.29. The molecule has 6 nitrogen and oxygen atoms in total. The van der Waals surface area contributed by atoms with Gasteiger partial charge in [0.05, 0.1) is 43.8 Å². The van der Waals surface area contributed by atoms with Gasteiger partial charge < -0.3 is 23.2 Å². The molecule has 1 aromatic carbocycles. The third-order valence-electron chi connectivity index (χ3n) is 4.07. The molecule has 0 bridgehead atoms. The van der Waals surface area contributed by atoms with Crippen LogP contribution in [0.5, 0.6) is 11.5 Å². The van der Waals surface area contributed by atoms with Crippen LogP contribution in [-0.2, 0) is 13.1 Å². The molecule has 7 heteroatoms. The molecular formula is C21H22BrNO5. The Morgan fingerprint density at radius 1 is 1.11 bits per heavy atom. The van der Waals surface area contributed by atoms with Gasteiger partial charge in [-0.1, -0.05) is 6.92 Å². The zero-order valence-corrected chi connectivity index (χ0v) is 17.4. The molecule has 0 aliphatic heterocycles. The van der Waals surface area contributed by atoms with Crippen LogP contribution in [0.3, 0.4) is 0 Å². The smallest absolute Gasteiger partial charge is 0.254 e. The molecule has 0 spiro atoms. The predicted molar refractivity (Wildman–Crippen MR) is 107 cm³/mol. The number of furan rings is 2. The third-order valence-corrected chi connectivity index (χ3v) is 4.66. The summed E-state index contributed by atoms with van der Waals surface area (Å²) in [5, 5.41) is 0. The lowest BCUT2D eigenvalue weighted by Gasteiger charge is -2.22. The predicted octanol–water partition coefficient (Wildman–Crippen LogP) is 5.28. The zero-order valence-electron chi connectivity index (χ0n) is 15.8. The highest BCUT2D eigenvalue weighted by Crippen LogP contribution is 2.37. The Labute approximate surface area is 172 Å². The van der Waals surface area contributed by atoms with Crippen LogP contribution in [0.2, 0.25) is 0 Å².